The lowest BCUT2D eigenvalue weighted by Crippen LogP contribution is -2.30. The molecule has 5 nitrogen and oxygen atoms in total. The number of hydrogen-bond donors (Lipinski definition) is 3. The highest BCUT2D eigenvalue weighted by Crippen LogP contribution is 2.23. The zero-order valence-corrected chi connectivity index (χ0v) is 16.1. The van der Waals surface area contributed by atoms with Gasteiger partial charge in [0.25, 0.3) is 0 Å². The molecule has 142 valence electrons. The molecule has 1 unspecified atom stereocenters. The average molecular weight is 372 g/mol. The van der Waals surface area contributed by atoms with Gasteiger partial charge in [-0.3, -0.25) is 4.79 Å². The molecule has 2 heterocycles. The van der Waals surface area contributed by atoms with Crippen LogP contribution in [0.3, 0.4) is 0 Å². The largest absolute Gasteiger partial charge is 0.358 e. The normalized spacial score (nSPS) is 12.2. The zero-order chi connectivity index (χ0) is 19.5. The van der Waals surface area contributed by atoms with Crippen molar-refractivity contribution in [3.05, 3.63) is 77.9 Å². The van der Waals surface area contributed by atoms with Crippen LogP contribution >= 0.6 is 0 Å². The number of para-hydroxylation sites is 1. The number of hydrogen-bond acceptors (Lipinski definition) is 2. The quantitative estimate of drug-likeness (QED) is 0.460. The number of nitrogens with one attached hydrogen (secondary N) is 3. The molecule has 1 atom stereocenters. The van der Waals surface area contributed by atoms with Crippen molar-refractivity contribution in [2.75, 3.05) is 0 Å². The maximum atomic E-state index is 12.8. The molecule has 0 saturated heterocycles. The van der Waals surface area contributed by atoms with E-state index in [4.69, 9.17) is 0 Å². The Kier molecular flexibility index (Phi) is 4.98. The molecule has 0 aliphatic rings. The highest BCUT2D eigenvalue weighted by Gasteiger charge is 2.18. The van der Waals surface area contributed by atoms with Crippen LogP contribution < -0.4 is 5.32 Å². The molecule has 0 bridgehead atoms. The lowest BCUT2D eigenvalue weighted by Gasteiger charge is -2.15. The molecule has 3 N–H and O–H groups in total. The van der Waals surface area contributed by atoms with Gasteiger partial charge in [0.2, 0.25) is 5.91 Å². The van der Waals surface area contributed by atoms with Crippen LogP contribution in [0.15, 0.2) is 60.8 Å². The summed E-state index contributed by atoms with van der Waals surface area (Å²) in [6, 6.07) is 18.0. The molecule has 4 rings (SSSR count). The second-order valence-electron chi connectivity index (χ2n) is 7.03. The summed E-state index contributed by atoms with van der Waals surface area (Å²) < 4.78 is 0. The zero-order valence-electron chi connectivity index (χ0n) is 16.1. The molecular formula is C23H24N4O. The van der Waals surface area contributed by atoms with E-state index in [0.29, 0.717) is 6.42 Å². The molecule has 0 aliphatic carbocycles. The van der Waals surface area contributed by atoms with Crippen molar-refractivity contribution in [1.82, 2.24) is 20.3 Å². The standard InChI is InChI=1S/C23H24N4O/c1-3-19(23-24-14-21(27-23)16-9-5-4-6-10-16)26-22(28)13-18-15(2)25-20-12-8-7-11-17(18)20/h4-12,14,19,25H,3,13H2,1-2H3,(H,24,27)(H,26,28). The third-order valence-electron chi connectivity index (χ3n) is 5.12. The Morgan fingerprint density at radius 2 is 1.82 bits per heavy atom. The molecular weight excluding hydrogens is 348 g/mol. The minimum absolute atomic E-state index is 0.00244. The fraction of sp³-hybridized carbons (Fsp3) is 0.217. The minimum Gasteiger partial charge on any atom is -0.358 e. The smallest absolute Gasteiger partial charge is 0.225 e. The van der Waals surface area contributed by atoms with Crippen LogP contribution in [-0.2, 0) is 11.2 Å². The number of nitrogens with zero attached hydrogens (tertiary/aromatic N) is 1. The molecule has 0 aliphatic heterocycles. The minimum atomic E-state index is -0.143. The number of H-pyrrole nitrogens is 2. The van der Waals surface area contributed by atoms with Crippen molar-refractivity contribution < 1.29 is 4.79 Å². The summed E-state index contributed by atoms with van der Waals surface area (Å²) >= 11 is 0. The maximum absolute atomic E-state index is 12.8. The van der Waals surface area contributed by atoms with Crippen LogP contribution in [0.4, 0.5) is 0 Å². The van der Waals surface area contributed by atoms with Crippen molar-refractivity contribution in [2.45, 2.75) is 32.7 Å². The highest BCUT2D eigenvalue weighted by molar-refractivity contribution is 5.90. The predicted molar refractivity (Wildman–Crippen MR) is 112 cm³/mol. The molecule has 0 fully saturated rings. The van der Waals surface area contributed by atoms with Gasteiger partial charge in [-0.25, -0.2) is 4.98 Å². The second kappa shape index (κ2) is 7.72. The van der Waals surface area contributed by atoms with Gasteiger partial charge in [-0.05, 0) is 30.5 Å². The summed E-state index contributed by atoms with van der Waals surface area (Å²) in [6.07, 6.45) is 2.93. The maximum Gasteiger partial charge on any atom is 0.225 e. The number of aromatic nitrogens is 3. The summed E-state index contributed by atoms with van der Waals surface area (Å²) in [5.41, 5.74) is 5.18. The molecule has 28 heavy (non-hydrogen) atoms. The van der Waals surface area contributed by atoms with E-state index < -0.39 is 0 Å². The van der Waals surface area contributed by atoms with Crippen molar-refractivity contribution in [3.63, 3.8) is 0 Å². The number of aryl methyl sites for hydroxylation is 1. The van der Waals surface area contributed by atoms with E-state index in [0.717, 1.165) is 45.7 Å². The van der Waals surface area contributed by atoms with Crippen molar-refractivity contribution in [3.8, 4) is 11.3 Å². The third kappa shape index (κ3) is 3.56. The van der Waals surface area contributed by atoms with Gasteiger partial charge in [0.1, 0.15) is 5.82 Å². The average Bonchev–Trinajstić information content (AvgIpc) is 3.32. The number of imidazole rings is 1. The van der Waals surface area contributed by atoms with Gasteiger partial charge in [0.05, 0.1) is 24.4 Å². The number of rotatable bonds is 6. The van der Waals surface area contributed by atoms with Gasteiger partial charge in [-0.2, -0.15) is 0 Å². The molecule has 2 aromatic carbocycles. The van der Waals surface area contributed by atoms with Gasteiger partial charge in [-0.1, -0.05) is 55.5 Å². The van der Waals surface area contributed by atoms with Gasteiger partial charge >= 0.3 is 0 Å². The Morgan fingerprint density at radius 1 is 1.07 bits per heavy atom. The Bertz CT molecular complexity index is 1090. The molecule has 2 aromatic heterocycles. The van der Waals surface area contributed by atoms with E-state index in [1.807, 2.05) is 68.6 Å². The van der Waals surface area contributed by atoms with Crippen LogP contribution in [0.5, 0.6) is 0 Å². The van der Waals surface area contributed by atoms with Crippen LogP contribution in [0.1, 0.15) is 36.5 Å². The van der Waals surface area contributed by atoms with Gasteiger partial charge < -0.3 is 15.3 Å². The monoisotopic (exact) mass is 372 g/mol. The SMILES string of the molecule is CCC(NC(=O)Cc1c(C)[nH]c2ccccc12)c1ncc(-c2ccccc2)[nH]1. The fourth-order valence-corrected chi connectivity index (χ4v) is 3.61. The number of amides is 1. The molecule has 1 amide bonds. The van der Waals surface area contributed by atoms with Crippen LogP contribution in [-0.4, -0.2) is 20.9 Å². The van der Waals surface area contributed by atoms with E-state index in [2.05, 4.69) is 26.3 Å². The summed E-state index contributed by atoms with van der Waals surface area (Å²) in [6.45, 7) is 4.06. The lowest BCUT2D eigenvalue weighted by atomic mass is 10.1. The van der Waals surface area contributed by atoms with E-state index in [9.17, 15) is 4.79 Å². The van der Waals surface area contributed by atoms with Gasteiger partial charge in [0, 0.05) is 16.6 Å². The number of carbonyl (C=O) groups excluding carboxylic acids is 1. The van der Waals surface area contributed by atoms with Crippen LogP contribution in [0.25, 0.3) is 22.2 Å². The summed E-state index contributed by atoms with van der Waals surface area (Å²) in [7, 11) is 0. The lowest BCUT2D eigenvalue weighted by molar-refractivity contribution is -0.121. The second-order valence-corrected chi connectivity index (χ2v) is 7.03. The summed E-state index contributed by atoms with van der Waals surface area (Å²) in [5, 5.41) is 4.24. The number of aromatic amines is 2. The molecule has 5 heteroatoms. The van der Waals surface area contributed by atoms with Crippen LogP contribution in [0.2, 0.25) is 0 Å². The Balaban J connectivity index is 1.50. The molecule has 4 aromatic rings. The van der Waals surface area contributed by atoms with Crippen molar-refractivity contribution in [1.29, 1.82) is 0 Å². The number of carbonyl (C=O) groups is 1. The number of benzene rings is 2. The first-order chi connectivity index (χ1) is 13.7. The first-order valence-corrected chi connectivity index (χ1v) is 9.61. The predicted octanol–water partition coefficient (Wildman–Crippen LogP) is 4.68. The first kappa shape index (κ1) is 18.0. The molecule has 0 radical (unpaired) electrons. The molecule has 0 saturated carbocycles. The Morgan fingerprint density at radius 3 is 2.61 bits per heavy atom. The van der Waals surface area contributed by atoms with Crippen LogP contribution in [0, 0.1) is 6.92 Å². The van der Waals surface area contributed by atoms with E-state index in [1.54, 1.807) is 0 Å². The Labute approximate surface area is 164 Å². The van der Waals surface area contributed by atoms with Gasteiger partial charge in [0.15, 0.2) is 0 Å². The van der Waals surface area contributed by atoms with Crippen molar-refractivity contribution in [2.24, 2.45) is 0 Å². The fourth-order valence-electron chi connectivity index (χ4n) is 3.61. The van der Waals surface area contributed by atoms with Crippen molar-refractivity contribution >= 4 is 16.8 Å². The summed E-state index contributed by atoms with van der Waals surface area (Å²) in [5.74, 6) is 0.780. The van der Waals surface area contributed by atoms with E-state index in [1.165, 1.54) is 0 Å². The summed E-state index contributed by atoms with van der Waals surface area (Å²) in [4.78, 5) is 24.0. The molecule has 0 spiro atoms. The topological polar surface area (TPSA) is 73.6 Å². The third-order valence-corrected chi connectivity index (χ3v) is 5.12. The van der Waals surface area contributed by atoms with E-state index in [-0.39, 0.29) is 11.9 Å². The highest BCUT2D eigenvalue weighted by atomic mass is 16.1. The Hall–Kier alpha value is -3.34. The number of fused-ring (bicyclic) bond motifs is 1. The first-order valence-electron chi connectivity index (χ1n) is 9.61. The van der Waals surface area contributed by atoms with Gasteiger partial charge in [-0.15, -0.1) is 0 Å². The van der Waals surface area contributed by atoms with E-state index >= 15 is 0 Å².